The van der Waals surface area contributed by atoms with Crippen molar-refractivity contribution in [2.24, 2.45) is 12.8 Å². The van der Waals surface area contributed by atoms with E-state index in [4.69, 9.17) is 10.5 Å². The van der Waals surface area contributed by atoms with Crippen LogP contribution in [0.15, 0.2) is 18.2 Å². The quantitative estimate of drug-likeness (QED) is 0.919. The zero-order valence-electron chi connectivity index (χ0n) is 11.8. The van der Waals surface area contributed by atoms with E-state index < -0.39 is 0 Å². The lowest BCUT2D eigenvalue weighted by Crippen LogP contribution is -2.20. The minimum atomic E-state index is 0.511. The molecule has 1 heterocycles. The molecule has 0 saturated heterocycles. The van der Waals surface area contributed by atoms with Gasteiger partial charge in [-0.2, -0.15) is 0 Å². The Hall–Kier alpha value is -1.48. The first kappa shape index (κ1) is 12.5. The highest BCUT2D eigenvalue weighted by Gasteiger charge is 2.25. The summed E-state index contributed by atoms with van der Waals surface area (Å²) in [7, 11) is 2.16. The highest BCUT2D eigenvalue weighted by atomic mass is 16.5. The topological polar surface area (TPSA) is 40.2 Å². The van der Waals surface area contributed by atoms with Crippen molar-refractivity contribution >= 4 is 10.9 Å². The lowest BCUT2D eigenvalue weighted by molar-refractivity contribution is 0.340. The van der Waals surface area contributed by atoms with Crippen molar-refractivity contribution in [2.45, 2.75) is 32.1 Å². The van der Waals surface area contributed by atoms with Crippen molar-refractivity contribution in [2.75, 3.05) is 13.2 Å². The maximum atomic E-state index is 5.95. The summed E-state index contributed by atoms with van der Waals surface area (Å²) in [5.74, 6) is 1.48. The summed E-state index contributed by atoms with van der Waals surface area (Å²) in [5.41, 5.74) is 10.2. The van der Waals surface area contributed by atoms with Crippen LogP contribution in [0.3, 0.4) is 0 Å². The summed E-state index contributed by atoms with van der Waals surface area (Å²) in [6, 6.07) is 6.43. The van der Waals surface area contributed by atoms with E-state index in [0.717, 1.165) is 12.3 Å². The van der Waals surface area contributed by atoms with Crippen LogP contribution in [0.4, 0.5) is 0 Å². The van der Waals surface area contributed by atoms with Crippen molar-refractivity contribution in [3.8, 4) is 5.75 Å². The third kappa shape index (κ3) is 1.93. The van der Waals surface area contributed by atoms with Crippen molar-refractivity contribution < 1.29 is 4.74 Å². The summed E-state index contributed by atoms with van der Waals surface area (Å²) in [4.78, 5) is 0. The SMILES string of the molecule is CCOc1ccc2c(c1)c1c(n2C)C(CN)CCC1. The molecule has 0 amide bonds. The van der Waals surface area contributed by atoms with Gasteiger partial charge in [-0.25, -0.2) is 0 Å². The Kier molecular flexibility index (Phi) is 3.23. The molecule has 0 bridgehead atoms. The Labute approximate surface area is 114 Å². The van der Waals surface area contributed by atoms with Gasteiger partial charge in [-0.05, 0) is 49.9 Å². The number of fused-ring (bicyclic) bond motifs is 3. The van der Waals surface area contributed by atoms with Gasteiger partial charge in [-0.3, -0.25) is 0 Å². The van der Waals surface area contributed by atoms with E-state index in [1.54, 1.807) is 0 Å². The van der Waals surface area contributed by atoms with Crippen LogP contribution in [-0.4, -0.2) is 17.7 Å². The first-order valence-corrected chi connectivity index (χ1v) is 7.20. The normalized spacial score (nSPS) is 18.6. The van der Waals surface area contributed by atoms with Gasteiger partial charge >= 0.3 is 0 Å². The van der Waals surface area contributed by atoms with Crippen LogP contribution < -0.4 is 10.5 Å². The fraction of sp³-hybridized carbons (Fsp3) is 0.500. The summed E-state index contributed by atoms with van der Waals surface area (Å²) < 4.78 is 7.96. The molecule has 1 aromatic carbocycles. The molecule has 2 N–H and O–H groups in total. The molecule has 1 unspecified atom stereocenters. The summed E-state index contributed by atoms with van der Waals surface area (Å²) in [6.45, 7) is 3.48. The number of aromatic nitrogens is 1. The molecule has 1 aliphatic rings. The van der Waals surface area contributed by atoms with Gasteiger partial charge in [0.2, 0.25) is 0 Å². The number of aryl methyl sites for hydroxylation is 2. The van der Waals surface area contributed by atoms with Gasteiger partial charge in [0.1, 0.15) is 5.75 Å². The highest BCUT2D eigenvalue weighted by molar-refractivity contribution is 5.87. The molecular weight excluding hydrogens is 236 g/mol. The second-order valence-corrected chi connectivity index (χ2v) is 5.36. The average Bonchev–Trinajstić information content (AvgIpc) is 2.73. The molecule has 1 aliphatic carbocycles. The summed E-state index contributed by atoms with van der Waals surface area (Å²) in [6.07, 6.45) is 3.62. The smallest absolute Gasteiger partial charge is 0.120 e. The number of ether oxygens (including phenoxy) is 1. The predicted octanol–water partition coefficient (Wildman–Crippen LogP) is 2.96. The minimum absolute atomic E-state index is 0.511. The first-order valence-electron chi connectivity index (χ1n) is 7.20. The van der Waals surface area contributed by atoms with E-state index >= 15 is 0 Å². The summed E-state index contributed by atoms with van der Waals surface area (Å²) in [5, 5.41) is 1.35. The van der Waals surface area contributed by atoms with E-state index in [1.165, 1.54) is 41.4 Å². The van der Waals surface area contributed by atoms with Crippen molar-refractivity contribution in [3.05, 3.63) is 29.5 Å². The van der Waals surface area contributed by atoms with Gasteiger partial charge < -0.3 is 15.0 Å². The largest absolute Gasteiger partial charge is 0.494 e. The summed E-state index contributed by atoms with van der Waals surface area (Å²) >= 11 is 0. The fourth-order valence-corrected chi connectivity index (χ4v) is 3.45. The first-order chi connectivity index (χ1) is 9.26. The molecule has 102 valence electrons. The van der Waals surface area contributed by atoms with Crippen LogP contribution in [0.2, 0.25) is 0 Å². The molecule has 2 aromatic rings. The molecule has 1 atom stereocenters. The molecule has 1 aromatic heterocycles. The molecule has 3 rings (SSSR count). The number of nitrogens with zero attached hydrogens (tertiary/aromatic N) is 1. The van der Waals surface area contributed by atoms with Crippen molar-refractivity contribution in [1.29, 1.82) is 0 Å². The second-order valence-electron chi connectivity index (χ2n) is 5.36. The Morgan fingerprint density at radius 2 is 2.26 bits per heavy atom. The molecule has 0 aliphatic heterocycles. The molecule has 0 fully saturated rings. The Bertz CT molecular complexity index is 600. The van der Waals surface area contributed by atoms with Crippen molar-refractivity contribution in [1.82, 2.24) is 4.57 Å². The van der Waals surface area contributed by atoms with Crippen LogP contribution >= 0.6 is 0 Å². The van der Waals surface area contributed by atoms with E-state index in [9.17, 15) is 0 Å². The molecule has 0 spiro atoms. The Morgan fingerprint density at radius 1 is 1.42 bits per heavy atom. The second kappa shape index (κ2) is 4.89. The molecule has 3 heteroatoms. The van der Waals surface area contributed by atoms with Crippen LogP contribution in [0, 0.1) is 0 Å². The molecule has 0 radical (unpaired) electrons. The fourth-order valence-electron chi connectivity index (χ4n) is 3.45. The third-order valence-electron chi connectivity index (χ3n) is 4.29. The molecule has 3 nitrogen and oxygen atoms in total. The van der Waals surface area contributed by atoms with E-state index in [0.29, 0.717) is 12.5 Å². The lowest BCUT2D eigenvalue weighted by atomic mass is 9.87. The zero-order valence-corrected chi connectivity index (χ0v) is 11.8. The molecule has 19 heavy (non-hydrogen) atoms. The number of hydrogen-bond acceptors (Lipinski definition) is 2. The monoisotopic (exact) mass is 258 g/mol. The van der Waals surface area contributed by atoms with Crippen LogP contribution in [0.1, 0.15) is 36.9 Å². The maximum Gasteiger partial charge on any atom is 0.120 e. The third-order valence-corrected chi connectivity index (χ3v) is 4.29. The van der Waals surface area contributed by atoms with Crippen molar-refractivity contribution in [3.63, 3.8) is 0 Å². The van der Waals surface area contributed by atoms with Gasteiger partial charge in [0.15, 0.2) is 0 Å². The van der Waals surface area contributed by atoms with Crippen LogP contribution in [0.25, 0.3) is 10.9 Å². The van der Waals surface area contributed by atoms with Gasteiger partial charge in [0.05, 0.1) is 6.61 Å². The minimum Gasteiger partial charge on any atom is -0.494 e. The van der Waals surface area contributed by atoms with E-state index in [1.807, 2.05) is 6.92 Å². The number of nitrogens with two attached hydrogens (primary N) is 1. The van der Waals surface area contributed by atoms with Crippen LogP contribution in [-0.2, 0) is 13.5 Å². The maximum absolute atomic E-state index is 5.95. The standard InChI is InChI=1S/C16H22N2O/c1-3-19-12-7-8-15-14(9-12)13-6-4-5-11(10-17)16(13)18(15)2/h7-9,11H,3-6,10,17H2,1-2H3. The number of hydrogen-bond donors (Lipinski definition) is 1. The lowest BCUT2D eigenvalue weighted by Gasteiger charge is -2.23. The van der Waals surface area contributed by atoms with Crippen LogP contribution in [0.5, 0.6) is 5.75 Å². The highest BCUT2D eigenvalue weighted by Crippen LogP contribution is 2.38. The van der Waals surface area contributed by atoms with E-state index in [-0.39, 0.29) is 0 Å². The van der Waals surface area contributed by atoms with Gasteiger partial charge in [0, 0.05) is 36.1 Å². The predicted molar refractivity (Wildman–Crippen MR) is 78.8 cm³/mol. The van der Waals surface area contributed by atoms with Gasteiger partial charge in [-0.15, -0.1) is 0 Å². The Morgan fingerprint density at radius 3 is 3.00 bits per heavy atom. The molecular formula is C16H22N2O. The van der Waals surface area contributed by atoms with Gasteiger partial charge in [-0.1, -0.05) is 0 Å². The number of rotatable bonds is 3. The average molecular weight is 258 g/mol. The zero-order chi connectivity index (χ0) is 13.4. The Balaban J connectivity index is 2.20. The van der Waals surface area contributed by atoms with E-state index in [2.05, 4.69) is 29.8 Å². The number of benzene rings is 1. The molecule has 0 saturated carbocycles. The van der Waals surface area contributed by atoms with Gasteiger partial charge in [0.25, 0.3) is 0 Å².